The van der Waals surface area contributed by atoms with E-state index in [1.807, 2.05) is 18.2 Å². The van der Waals surface area contributed by atoms with Crippen LogP contribution in [0.5, 0.6) is 11.5 Å². The Morgan fingerprint density at radius 3 is 1.71 bits per heavy atom. The lowest BCUT2D eigenvalue weighted by Crippen LogP contribution is -2.12. The molecule has 0 radical (unpaired) electrons. The molecule has 2 saturated carbocycles. The van der Waals surface area contributed by atoms with Gasteiger partial charge in [-0.2, -0.15) is 0 Å². The van der Waals surface area contributed by atoms with Crippen LogP contribution in [0.25, 0.3) is 11.1 Å². The Kier molecular flexibility index (Phi) is 6.24. The summed E-state index contributed by atoms with van der Waals surface area (Å²) in [7, 11) is 3.49. The van der Waals surface area contributed by atoms with E-state index in [2.05, 4.69) is 18.2 Å². The van der Waals surface area contributed by atoms with Gasteiger partial charge in [0.2, 0.25) is 0 Å². The van der Waals surface area contributed by atoms with E-state index in [0.717, 1.165) is 23.0 Å². The molecule has 0 unspecified atom stereocenters. The Balaban J connectivity index is 1.80. The largest absolute Gasteiger partial charge is 0.496 e. The zero-order valence-electron chi connectivity index (χ0n) is 17.5. The fraction of sp³-hybridized carbons (Fsp3) is 0.538. The van der Waals surface area contributed by atoms with E-state index in [1.54, 1.807) is 25.3 Å². The summed E-state index contributed by atoms with van der Waals surface area (Å²) in [6, 6.07) is 13.3. The molecule has 4 rings (SSSR count). The summed E-state index contributed by atoms with van der Waals surface area (Å²) >= 11 is 0. The summed E-state index contributed by atoms with van der Waals surface area (Å²) in [5.74, 6) is 3.24. The van der Waals surface area contributed by atoms with Crippen LogP contribution in [0, 0.1) is 0 Å². The molecular formula is C26H34O2. The van der Waals surface area contributed by atoms with Crippen LogP contribution in [0.3, 0.4) is 0 Å². The summed E-state index contributed by atoms with van der Waals surface area (Å²) in [5.41, 5.74) is 5.55. The highest BCUT2D eigenvalue weighted by Crippen LogP contribution is 2.45. The molecule has 0 heterocycles. The average Bonchev–Trinajstić information content (AvgIpc) is 2.79. The van der Waals surface area contributed by atoms with Crippen molar-refractivity contribution in [2.45, 2.75) is 76.0 Å². The highest BCUT2D eigenvalue weighted by Gasteiger charge is 2.25. The van der Waals surface area contributed by atoms with Gasteiger partial charge in [0.1, 0.15) is 11.5 Å². The maximum absolute atomic E-state index is 5.69. The maximum atomic E-state index is 5.69. The van der Waals surface area contributed by atoms with Gasteiger partial charge in [-0.1, -0.05) is 62.8 Å². The van der Waals surface area contributed by atoms with Crippen LogP contribution in [0.4, 0.5) is 0 Å². The lowest BCUT2D eigenvalue weighted by Gasteiger charge is -2.30. The standard InChI is InChI=1S/C26H34O2/c1-27-24-14-9-15-25(28-2)26(24)21-16-17-22(19-10-5-3-6-11-19)23(18-21)20-12-7-4-8-13-20/h9,14-20H,3-8,10-13H2,1-2H3. The van der Waals surface area contributed by atoms with Crippen LogP contribution in [-0.4, -0.2) is 14.2 Å². The molecule has 28 heavy (non-hydrogen) atoms. The Bertz CT molecular complexity index is 761. The van der Waals surface area contributed by atoms with E-state index in [1.165, 1.54) is 69.8 Å². The first-order chi connectivity index (χ1) is 13.8. The second-order valence-electron chi connectivity index (χ2n) is 8.55. The van der Waals surface area contributed by atoms with Gasteiger partial charge in [-0.05, 0) is 66.3 Å². The molecule has 2 aromatic carbocycles. The molecule has 2 aromatic rings. The third-order valence-electron chi connectivity index (χ3n) is 6.89. The smallest absolute Gasteiger partial charge is 0.130 e. The van der Waals surface area contributed by atoms with Gasteiger partial charge in [0.15, 0.2) is 0 Å². The van der Waals surface area contributed by atoms with Gasteiger partial charge in [0.05, 0.1) is 19.8 Å². The molecule has 2 fully saturated rings. The number of rotatable bonds is 5. The first-order valence-electron chi connectivity index (χ1n) is 11.2. The van der Waals surface area contributed by atoms with E-state index in [9.17, 15) is 0 Å². The first kappa shape index (κ1) is 19.4. The maximum Gasteiger partial charge on any atom is 0.130 e. The van der Waals surface area contributed by atoms with Gasteiger partial charge in [-0.15, -0.1) is 0 Å². The van der Waals surface area contributed by atoms with Crippen LogP contribution in [0.15, 0.2) is 36.4 Å². The second kappa shape index (κ2) is 9.03. The molecule has 0 spiro atoms. The topological polar surface area (TPSA) is 18.5 Å². The van der Waals surface area contributed by atoms with E-state index >= 15 is 0 Å². The van der Waals surface area contributed by atoms with Crippen molar-refractivity contribution in [3.63, 3.8) is 0 Å². The van der Waals surface area contributed by atoms with Gasteiger partial charge in [-0.3, -0.25) is 0 Å². The highest BCUT2D eigenvalue weighted by atomic mass is 16.5. The number of benzene rings is 2. The van der Waals surface area contributed by atoms with Crippen LogP contribution in [0.2, 0.25) is 0 Å². The van der Waals surface area contributed by atoms with Crippen molar-refractivity contribution in [1.29, 1.82) is 0 Å². The number of ether oxygens (including phenoxy) is 2. The summed E-state index contributed by atoms with van der Waals surface area (Å²) in [5, 5.41) is 0. The minimum atomic E-state index is 0.714. The predicted molar refractivity (Wildman–Crippen MR) is 117 cm³/mol. The van der Waals surface area contributed by atoms with Crippen molar-refractivity contribution < 1.29 is 9.47 Å². The van der Waals surface area contributed by atoms with Crippen molar-refractivity contribution in [3.8, 4) is 22.6 Å². The minimum absolute atomic E-state index is 0.714. The van der Waals surface area contributed by atoms with E-state index in [4.69, 9.17) is 9.47 Å². The van der Waals surface area contributed by atoms with Crippen LogP contribution in [0.1, 0.15) is 87.2 Å². The lowest BCUT2D eigenvalue weighted by atomic mass is 9.75. The van der Waals surface area contributed by atoms with Crippen LogP contribution in [-0.2, 0) is 0 Å². The Hall–Kier alpha value is -1.96. The first-order valence-corrected chi connectivity index (χ1v) is 11.2. The van der Waals surface area contributed by atoms with E-state index in [-0.39, 0.29) is 0 Å². The molecule has 0 aromatic heterocycles. The fourth-order valence-electron chi connectivity index (χ4n) is 5.42. The van der Waals surface area contributed by atoms with Crippen molar-refractivity contribution in [2.24, 2.45) is 0 Å². The Morgan fingerprint density at radius 1 is 0.643 bits per heavy atom. The molecule has 2 heteroatoms. The molecule has 2 aliphatic carbocycles. The molecule has 0 bridgehead atoms. The van der Waals surface area contributed by atoms with Crippen LogP contribution >= 0.6 is 0 Å². The molecule has 150 valence electrons. The van der Waals surface area contributed by atoms with Gasteiger partial charge < -0.3 is 9.47 Å². The van der Waals surface area contributed by atoms with Crippen molar-refractivity contribution in [1.82, 2.24) is 0 Å². The van der Waals surface area contributed by atoms with E-state index in [0.29, 0.717) is 5.92 Å². The Labute approximate surface area is 170 Å². The van der Waals surface area contributed by atoms with Crippen LogP contribution < -0.4 is 9.47 Å². The predicted octanol–water partition coefficient (Wildman–Crippen LogP) is 7.47. The highest BCUT2D eigenvalue weighted by molar-refractivity contribution is 5.77. The molecule has 0 aliphatic heterocycles. The SMILES string of the molecule is COc1cccc(OC)c1-c1ccc(C2CCCCC2)c(C2CCCCC2)c1. The number of hydrogen-bond donors (Lipinski definition) is 0. The minimum Gasteiger partial charge on any atom is -0.496 e. The number of methoxy groups -OCH3 is 2. The summed E-state index contributed by atoms with van der Waals surface area (Å²) in [6.45, 7) is 0. The lowest BCUT2D eigenvalue weighted by molar-refractivity contribution is 0.397. The van der Waals surface area contributed by atoms with Gasteiger partial charge in [0, 0.05) is 0 Å². The molecule has 0 amide bonds. The zero-order chi connectivity index (χ0) is 19.3. The molecule has 0 N–H and O–H groups in total. The molecule has 2 nitrogen and oxygen atoms in total. The monoisotopic (exact) mass is 378 g/mol. The fourth-order valence-corrected chi connectivity index (χ4v) is 5.42. The quantitative estimate of drug-likeness (QED) is 0.537. The van der Waals surface area contributed by atoms with E-state index < -0.39 is 0 Å². The summed E-state index contributed by atoms with van der Waals surface area (Å²) < 4.78 is 11.4. The second-order valence-corrected chi connectivity index (χ2v) is 8.55. The van der Waals surface area contributed by atoms with Gasteiger partial charge in [-0.25, -0.2) is 0 Å². The molecule has 2 aliphatic rings. The molecule has 0 saturated heterocycles. The third-order valence-corrected chi connectivity index (χ3v) is 6.89. The Morgan fingerprint density at radius 2 is 1.18 bits per heavy atom. The van der Waals surface area contributed by atoms with Gasteiger partial charge in [0.25, 0.3) is 0 Å². The number of hydrogen-bond acceptors (Lipinski definition) is 2. The average molecular weight is 379 g/mol. The zero-order valence-corrected chi connectivity index (χ0v) is 17.5. The summed E-state index contributed by atoms with van der Waals surface area (Å²) in [6.07, 6.45) is 13.7. The third kappa shape index (κ3) is 3.92. The molecule has 0 atom stereocenters. The van der Waals surface area contributed by atoms with Crippen molar-refractivity contribution in [2.75, 3.05) is 14.2 Å². The molecular weight excluding hydrogens is 344 g/mol. The normalized spacial score (nSPS) is 18.8. The van der Waals surface area contributed by atoms with Crippen molar-refractivity contribution in [3.05, 3.63) is 47.5 Å². The summed E-state index contributed by atoms with van der Waals surface area (Å²) in [4.78, 5) is 0. The van der Waals surface area contributed by atoms with Gasteiger partial charge >= 0.3 is 0 Å². The van der Waals surface area contributed by atoms with Crippen molar-refractivity contribution >= 4 is 0 Å².